The number of allylic oxidation sites excluding steroid dienone is 4. The molecule has 0 aromatic rings. The molecular formula is C16H28O4. The second-order valence-corrected chi connectivity index (χ2v) is 2.64. The van der Waals surface area contributed by atoms with Crippen molar-refractivity contribution in [1.82, 2.24) is 0 Å². The first kappa shape index (κ1) is 30.6. The molecule has 0 saturated heterocycles. The Bertz CT molecular complexity index is 236. The van der Waals surface area contributed by atoms with Crippen LogP contribution < -0.4 is 0 Å². The van der Waals surface area contributed by atoms with Crippen molar-refractivity contribution in [3.63, 3.8) is 0 Å². The first-order valence-corrected chi connectivity index (χ1v) is 5.71. The van der Waals surface area contributed by atoms with E-state index in [0.717, 1.165) is 0 Å². The van der Waals surface area contributed by atoms with Gasteiger partial charge in [0.05, 0.1) is 0 Å². The van der Waals surface area contributed by atoms with E-state index in [2.05, 4.69) is 26.3 Å². The zero-order valence-corrected chi connectivity index (χ0v) is 13.0. The molecule has 0 spiro atoms. The minimum absolute atomic E-state index is 0.558. The lowest BCUT2D eigenvalue weighted by Gasteiger charge is -1.74. The highest BCUT2D eigenvalue weighted by Gasteiger charge is 1.88. The lowest BCUT2D eigenvalue weighted by atomic mass is 10.5. The summed E-state index contributed by atoms with van der Waals surface area (Å²) in [5.74, 6) is -2.51. The molecule has 0 saturated carbocycles. The SMILES string of the molecule is C=CC.C=CC.C=CC.C=CC.O=C(O)/C=C\C(=O)O. The zero-order valence-electron chi connectivity index (χ0n) is 13.0. The van der Waals surface area contributed by atoms with Crippen molar-refractivity contribution in [3.05, 3.63) is 62.8 Å². The standard InChI is InChI=1S/C4H4O4.4C3H6/c5-3(6)1-2-4(7)8;4*1-3-2/h1-2H,(H,5,6)(H,7,8);4*3H,1H2,2H3/b2-1-;;;;. The van der Waals surface area contributed by atoms with Crippen molar-refractivity contribution in [2.24, 2.45) is 0 Å². The van der Waals surface area contributed by atoms with E-state index in [-0.39, 0.29) is 0 Å². The van der Waals surface area contributed by atoms with E-state index in [9.17, 15) is 9.59 Å². The van der Waals surface area contributed by atoms with Crippen molar-refractivity contribution in [1.29, 1.82) is 0 Å². The molecule has 0 rings (SSSR count). The first-order valence-electron chi connectivity index (χ1n) is 5.71. The summed E-state index contributed by atoms with van der Waals surface area (Å²) in [4.78, 5) is 19.1. The summed E-state index contributed by atoms with van der Waals surface area (Å²) in [6.07, 6.45) is 8.12. The number of carboxylic acids is 2. The molecule has 0 amide bonds. The first-order chi connectivity index (χ1) is 9.28. The third-order valence-corrected chi connectivity index (χ3v) is 0.368. The quantitative estimate of drug-likeness (QED) is 0.579. The Labute approximate surface area is 123 Å². The van der Waals surface area contributed by atoms with Gasteiger partial charge in [-0.25, -0.2) is 9.59 Å². The van der Waals surface area contributed by atoms with Gasteiger partial charge in [0, 0.05) is 12.2 Å². The predicted molar refractivity (Wildman–Crippen MR) is 87.9 cm³/mol. The van der Waals surface area contributed by atoms with Crippen LogP contribution in [-0.2, 0) is 9.59 Å². The summed E-state index contributed by atoms with van der Waals surface area (Å²) in [5, 5.41) is 15.6. The van der Waals surface area contributed by atoms with Gasteiger partial charge >= 0.3 is 11.9 Å². The molecule has 0 aliphatic rings. The molecule has 20 heavy (non-hydrogen) atoms. The minimum Gasteiger partial charge on any atom is -0.478 e. The van der Waals surface area contributed by atoms with Gasteiger partial charge in [-0.15, -0.1) is 26.3 Å². The molecule has 0 unspecified atom stereocenters. The van der Waals surface area contributed by atoms with Gasteiger partial charge in [-0.05, 0) is 27.7 Å². The maximum absolute atomic E-state index is 9.55. The Hall–Kier alpha value is -2.36. The fourth-order valence-corrected chi connectivity index (χ4v) is 0.143. The average Bonchev–Trinajstić information content (AvgIpc) is 2.30. The third kappa shape index (κ3) is 481. The monoisotopic (exact) mass is 284 g/mol. The van der Waals surface area contributed by atoms with Gasteiger partial charge < -0.3 is 10.2 Å². The van der Waals surface area contributed by atoms with Crippen molar-refractivity contribution in [2.45, 2.75) is 27.7 Å². The van der Waals surface area contributed by atoms with Crippen LogP contribution in [0.5, 0.6) is 0 Å². The van der Waals surface area contributed by atoms with Crippen LogP contribution in [0.3, 0.4) is 0 Å². The number of carbonyl (C=O) groups is 2. The molecule has 4 nitrogen and oxygen atoms in total. The summed E-state index contributed by atoms with van der Waals surface area (Å²) < 4.78 is 0. The van der Waals surface area contributed by atoms with E-state index in [1.54, 1.807) is 24.3 Å². The fraction of sp³-hybridized carbons (Fsp3) is 0.250. The molecule has 116 valence electrons. The average molecular weight is 284 g/mol. The Morgan fingerprint density at radius 1 is 0.650 bits per heavy atom. The Kier molecular flexibility index (Phi) is 67.0. The Morgan fingerprint density at radius 3 is 0.800 bits per heavy atom. The van der Waals surface area contributed by atoms with Crippen LogP contribution in [-0.4, -0.2) is 22.2 Å². The largest absolute Gasteiger partial charge is 0.478 e. The van der Waals surface area contributed by atoms with Crippen LogP contribution >= 0.6 is 0 Å². The maximum Gasteiger partial charge on any atom is 0.328 e. The van der Waals surface area contributed by atoms with Gasteiger partial charge in [-0.2, -0.15) is 0 Å². The highest BCUT2D eigenvalue weighted by molar-refractivity contribution is 5.89. The highest BCUT2D eigenvalue weighted by Crippen LogP contribution is 1.70. The van der Waals surface area contributed by atoms with Gasteiger partial charge in [-0.1, -0.05) is 24.3 Å². The topological polar surface area (TPSA) is 74.6 Å². The number of rotatable bonds is 2. The van der Waals surface area contributed by atoms with Gasteiger partial charge in [0.25, 0.3) is 0 Å². The molecule has 0 aromatic heterocycles. The van der Waals surface area contributed by atoms with Crippen molar-refractivity contribution in [2.75, 3.05) is 0 Å². The van der Waals surface area contributed by atoms with Crippen LogP contribution in [0, 0.1) is 0 Å². The molecule has 0 atom stereocenters. The van der Waals surface area contributed by atoms with Crippen LogP contribution in [0.2, 0.25) is 0 Å². The molecular weight excluding hydrogens is 256 g/mol. The molecule has 2 N–H and O–H groups in total. The fourth-order valence-electron chi connectivity index (χ4n) is 0.143. The van der Waals surface area contributed by atoms with E-state index in [1.807, 2.05) is 27.7 Å². The molecule has 0 radical (unpaired) electrons. The van der Waals surface area contributed by atoms with Crippen LogP contribution in [0.4, 0.5) is 0 Å². The predicted octanol–water partition coefficient (Wildman–Crippen LogP) is 4.48. The summed E-state index contributed by atoms with van der Waals surface area (Å²) in [5.41, 5.74) is 0. The van der Waals surface area contributed by atoms with Crippen molar-refractivity contribution >= 4 is 11.9 Å². The summed E-state index contributed by atoms with van der Waals surface area (Å²) in [6, 6.07) is 0. The van der Waals surface area contributed by atoms with Crippen LogP contribution in [0.1, 0.15) is 27.7 Å². The van der Waals surface area contributed by atoms with Crippen molar-refractivity contribution in [3.8, 4) is 0 Å². The molecule has 0 bridgehead atoms. The summed E-state index contributed by atoms with van der Waals surface area (Å²) >= 11 is 0. The number of aliphatic carboxylic acids is 2. The van der Waals surface area contributed by atoms with Gasteiger partial charge in [0.2, 0.25) is 0 Å². The van der Waals surface area contributed by atoms with Gasteiger partial charge in [0.15, 0.2) is 0 Å². The summed E-state index contributed by atoms with van der Waals surface area (Å²) in [6.45, 7) is 21.0. The second-order valence-electron chi connectivity index (χ2n) is 2.64. The zero-order chi connectivity index (χ0) is 17.4. The van der Waals surface area contributed by atoms with Gasteiger partial charge in [-0.3, -0.25) is 0 Å². The molecule has 0 aliphatic carbocycles. The second kappa shape index (κ2) is 43.8. The molecule has 0 heterocycles. The molecule has 0 aliphatic heterocycles. The Balaban J connectivity index is -0.0000000527. The lowest BCUT2D eigenvalue weighted by Crippen LogP contribution is -1.91. The molecule has 0 aromatic carbocycles. The minimum atomic E-state index is -1.26. The molecule has 0 fully saturated rings. The highest BCUT2D eigenvalue weighted by atomic mass is 16.4. The van der Waals surface area contributed by atoms with E-state index in [0.29, 0.717) is 12.2 Å². The number of hydrogen-bond donors (Lipinski definition) is 2. The number of hydrogen-bond acceptors (Lipinski definition) is 2. The van der Waals surface area contributed by atoms with E-state index < -0.39 is 11.9 Å². The van der Waals surface area contributed by atoms with Crippen LogP contribution in [0.15, 0.2) is 62.8 Å². The lowest BCUT2D eigenvalue weighted by molar-refractivity contribution is -0.134. The van der Waals surface area contributed by atoms with Gasteiger partial charge in [0.1, 0.15) is 0 Å². The van der Waals surface area contributed by atoms with E-state index in [1.165, 1.54) is 0 Å². The third-order valence-electron chi connectivity index (χ3n) is 0.368. The smallest absolute Gasteiger partial charge is 0.328 e. The number of carboxylic acid groups (broad SMARTS) is 2. The van der Waals surface area contributed by atoms with Crippen molar-refractivity contribution < 1.29 is 19.8 Å². The Morgan fingerprint density at radius 2 is 0.750 bits per heavy atom. The van der Waals surface area contributed by atoms with E-state index >= 15 is 0 Å². The van der Waals surface area contributed by atoms with Crippen LogP contribution in [0.25, 0.3) is 0 Å². The van der Waals surface area contributed by atoms with E-state index in [4.69, 9.17) is 10.2 Å². The maximum atomic E-state index is 9.55. The normalized spacial score (nSPS) is 6.40. The summed E-state index contributed by atoms with van der Waals surface area (Å²) in [7, 11) is 0. The molecule has 4 heteroatoms.